The van der Waals surface area contributed by atoms with E-state index in [9.17, 15) is 4.79 Å². The van der Waals surface area contributed by atoms with E-state index >= 15 is 0 Å². The van der Waals surface area contributed by atoms with Crippen LogP contribution in [-0.4, -0.2) is 25.8 Å². The molecule has 1 aromatic rings. The molecule has 1 atom stereocenters. The molecule has 2 amide bonds. The molecule has 1 aromatic carbocycles. The van der Waals surface area contributed by atoms with E-state index in [4.69, 9.17) is 10.5 Å². The Morgan fingerprint density at radius 3 is 2.90 bits per heavy atom. The minimum Gasteiger partial charge on any atom is -0.381 e. The van der Waals surface area contributed by atoms with Crippen LogP contribution in [0.1, 0.15) is 38.3 Å². The molecule has 0 bridgehead atoms. The van der Waals surface area contributed by atoms with E-state index in [0.717, 1.165) is 30.7 Å². The zero-order valence-corrected chi connectivity index (χ0v) is 12.3. The lowest BCUT2D eigenvalue weighted by molar-refractivity contribution is 0.132. The number of benzene rings is 1. The Bertz CT molecular complexity index is 408. The summed E-state index contributed by atoms with van der Waals surface area (Å²) in [5, 5.41) is 5.59. The van der Waals surface area contributed by atoms with Gasteiger partial charge in [0.2, 0.25) is 0 Å². The van der Waals surface area contributed by atoms with Gasteiger partial charge in [0.05, 0.1) is 0 Å². The van der Waals surface area contributed by atoms with Crippen LogP contribution < -0.4 is 16.4 Å². The van der Waals surface area contributed by atoms with Crippen LogP contribution in [0.25, 0.3) is 0 Å². The largest absolute Gasteiger partial charge is 0.381 e. The third-order valence-corrected chi connectivity index (χ3v) is 2.77. The van der Waals surface area contributed by atoms with Crippen molar-refractivity contribution in [3.8, 4) is 0 Å². The van der Waals surface area contributed by atoms with E-state index in [0.29, 0.717) is 13.2 Å². The van der Waals surface area contributed by atoms with Crippen molar-refractivity contribution in [1.82, 2.24) is 5.32 Å². The fourth-order valence-electron chi connectivity index (χ4n) is 1.70. The summed E-state index contributed by atoms with van der Waals surface area (Å²) in [6.45, 7) is 6.03. The normalized spacial score (nSPS) is 11.9. The highest BCUT2D eigenvalue weighted by atomic mass is 16.5. The fourth-order valence-corrected chi connectivity index (χ4v) is 1.70. The molecule has 4 N–H and O–H groups in total. The molecule has 0 fully saturated rings. The number of rotatable bonds is 8. The Balaban J connectivity index is 2.26. The molecule has 0 heterocycles. The van der Waals surface area contributed by atoms with Crippen molar-refractivity contribution < 1.29 is 9.53 Å². The topological polar surface area (TPSA) is 76.4 Å². The molecule has 0 spiro atoms. The van der Waals surface area contributed by atoms with Crippen LogP contribution >= 0.6 is 0 Å². The third-order valence-electron chi connectivity index (χ3n) is 2.77. The number of amides is 2. The van der Waals surface area contributed by atoms with E-state index in [1.54, 1.807) is 0 Å². The zero-order chi connectivity index (χ0) is 14.8. The maximum Gasteiger partial charge on any atom is 0.319 e. The predicted molar refractivity (Wildman–Crippen MR) is 81.8 cm³/mol. The average molecular weight is 279 g/mol. The molecule has 1 rings (SSSR count). The zero-order valence-electron chi connectivity index (χ0n) is 12.3. The van der Waals surface area contributed by atoms with Gasteiger partial charge >= 0.3 is 6.03 Å². The maximum absolute atomic E-state index is 11.7. The van der Waals surface area contributed by atoms with Crippen LogP contribution in [0.3, 0.4) is 0 Å². The Labute approximate surface area is 120 Å². The highest BCUT2D eigenvalue weighted by Gasteiger charge is 2.03. The van der Waals surface area contributed by atoms with Gasteiger partial charge in [0, 0.05) is 31.5 Å². The summed E-state index contributed by atoms with van der Waals surface area (Å²) in [5.74, 6) is 0. The molecule has 0 saturated heterocycles. The highest BCUT2D eigenvalue weighted by Crippen LogP contribution is 2.15. The summed E-state index contributed by atoms with van der Waals surface area (Å²) in [6, 6.07) is 7.30. The van der Waals surface area contributed by atoms with Gasteiger partial charge in [0.25, 0.3) is 0 Å². The lowest BCUT2D eigenvalue weighted by atomic mass is 10.1. The number of nitrogens with two attached hydrogens (primary N) is 1. The average Bonchev–Trinajstić information content (AvgIpc) is 2.43. The van der Waals surface area contributed by atoms with Crippen molar-refractivity contribution in [3.63, 3.8) is 0 Å². The second-order valence-corrected chi connectivity index (χ2v) is 4.76. The van der Waals surface area contributed by atoms with Gasteiger partial charge in [0.15, 0.2) is 0 Å². The van der Waals surface area contributed by atoms with E-state index in [1.165, 1.54) is 0 Å². The molecule has 20 heavy (non-hydrogen) atoms. The number of ether oxygens (including phenoxy) is 1. The van der Waals surface area contributed by atoms with Crippen LogP contribution in [0.5, 0.6) is 0 Å². The summed E-state index contributed by atoms with van der Waals surface area (Å²) >= 11 is 0. The number of carbonyl (C=O) groups excluding carboxylic acids is 1. The van der Waals surface area contributed by atoms with Crippen LogP contribution in [0.15, 0.2) is 24.3 Å². The summed E-state index contributed by atoms with van der Waals surface area (Å²) in [5.41, 5.74) is 7.55. The van der Waals surface area contributed by atoms with Gasteiger partial charge in [-0.05, 0) is 37.5 Å². The predicted octanol–water partition coefficient (Wildman–Crippen LogP) is 2.64. The SMILES string of the molecule is CCCOCCCNC(=O)Nc1cccc(C(C)N)c1. The second kappa shape index (κ2) is 9.34. The molecule has 0 radical (unpaired) electrons. The van der Waals surface area contributed by atoms with Crippen LogP contribution in [0.4, 0.5) is 10.5 Å². The number of hydrogen-bond acceptors (Lipinski definition) is 3. The summed E-state index contributed by atoms with van der Waals surface area (Å²) in [7, 11) is 0. The van der Waals surface area contributed by atoms with E-state index in [-0.39, 0.29) is 12.1 Å². The molecule has 112 valence electrons. The maximum atomic E-state index is 11.7. The first-order chi connectivity index (χ1) is 9.63. The van der Waals surface area contributed by atoms with Crippen molar-refractivity contribution in [2.24, 2.45) is 5.73 Å². The first-order valence-electron chi connectivity index (χ1n) is 7.11. The van der Waals surface area contributed by atoms with Crippen molar-refractivity contribution in [2.75, 3.05) is 25.1 Å². The van der Waals surface area contributed by atoms with Crippen molar-refractivity contribution in [3.05, 3.63) is 29.8 Å². The highest BCUT2D eigenvalue weighted by molar-refractivity contribution is 5.89. The molecule has 1 unspecified atom stereocenters. The summed E-state index contributed by atoms with van der Waals surface area (Å²) in [6.07, 6.45) is 1.83. The van der Waals surface area contributed by atoms with Gasteiger partial charge < -0.3 is 21.1 Å². The van der Waals surface area contributed by atoms with E-state index in [1.807, 2.05) is 31.2 Å². The van der Waals surface area contributed by atoms with Crippen LogP contribution in [-0.2, 0) is 4.74 Å². The number of nitrogens with one attached hydrogen (secondary N) is 2. The molecule has 0 aliphatic carbocycles. The van der Waals surface area contributed by atoms with Gasteiger partial charge in [0.1, 0.15) is 0 Å². The Hall–Kier alpha value is -1.59. The molecule has 0 saturated carbocycles. The second-order valence-electron chi connectivity index (χ2n) is 4.76. The van der Waals surface area contributed by atoms with Gasteiger partial charge in [-0.15, -0.1) is 0 Å². The molecular weight excluding hydrogens is 254 g/mol. The number of hydrogen-bond donors (Lipinski definition) is 3. The van der Waals surface area contributed by atoms with Crippen molar-refractivity contribution >= 4 is 11.7 Å². The van der Waals surface area contributed by atoms with Crippen LogP contribution in [0, 0.1) is 0 Å². The minimum absolute atomic E-state index is 0.0458. The van der Waals surface area contributed by atoms with Gasteiger partial charge in [-0.25, -0.2) is 4.79 Å². The third kappa shape index (κ3) is 6.54. The van der Waals surface area contributed by atoms with Gasteiger partial charge in [-0.1, -0.05) is 19.1 Å². The molecule has 0 aliphatic heterocycles. The summed E-state index contributed by atoms with van der Waals surface area (Å²) < 4.78 is 5.34. The first kappa shape index (κ1) is 16.5. The Kier molecular flexibility index (Phi) is 7.69. The standard InChI is InChI=1S/C15H25N3O2/c1-3-9-20-10-5-8-17-15(19)18-14-7-4-6-13(11-14)12(2)16/h4,6-7,11-12H,3,5,8-10,16H2,1-2H3,(H2,17,18,19). The minimum atomic E-state index is -0.206. The lowest BCUT2D eigenvalue weighted by Gasteiger charge is -2.10. The Morgan fingerprint density at radius 2 is 2.20 bits per heavy atom. The number of carbonyl (C=O) groups is 1. The first-order valence-corrected chi connectivity index (χ1v) is 7.11. The summed E-state index contributed by atoms with van der Waals surface area (Å²) in [4.78, 5) is 11.7. The van der Waals surface area contributed by atoms with Crippen LogP contribution in [0.2, 0.25) is 0 Å². The van der Waals surface area contributed by atoms with E-state index in [2.05, 4.69) is 17.6 Å². The molecule has 0 aromatic heterocycles. The van der Waals surface area contributed by atoms with E-state index < -0.39 is 0 Å². The fraction of sp³-hybridized carbons (Fsp3) is 0.533. The smallest absolute Gasteiger partial charge is 0.319 e. The van der Waals surface area contributed by atoms with Gasteiger partial charge in [-0.2, -0.15) is 0 Å². The van der Waals surface area contributed by atoms with Gasteiger partial charge in [-0.3, -0.25) is 0 Å². The molecular formula is C15H25N3O2. The molecule has 5 nitrogen and oxygen atoms in total. The number of anilines is 1. The number of urea groups is 1. The van der Waals surface area contributed by atoms with Crippen molar-refractivity contribution in [2.45, 2.75) is 32.7 Å². The lowest BCUT2D eigenvalue weighted by Crippen LogP contribution is -2.30. The Morgan fingerprint density at radius 1 is 1.40 bits per heavy atom. The quantitative estimate of drug-likeness (QED) is 0.640. The molecule has 5 heteroatoms. The van der Waals surface area contributed by atoms with Crippen molar-refractivity contribution in [1.29, 1.82) is 0 Å². The monoisotopic (exact) mass is 279 g/mol. The molecule has 0 aliphatic rings.